The molecule has 1 aromatic rings. The van der Waals surface area contributed by atoms with Gasteiger partial charge >= 0.3 is 0 Å². The molecule has 1 saturated heterocycles. The highest BCUT2D eigenvalue weighted by Gasteiger charge is 2.19. The van der Waals surface area contributed by atoms with Gasteiger partial charge in [0.25, 0.3) is 0 Å². The molecule has 0 saturated carbocycles. The SMILES string of the molecule is Cc1ccnc(N2CCC2)c1CO. The molecule has 70 valence electrons. The summed E-state index contributed by atoms with van der Waals surface area (Å²) in [4.78, 5) is 6.51. The summed E-state index contributed by atoms with van der Waals surface area (Å²) >= 11 is 0. The third kappa shape index (κ3) is 1.40. The minimum atomic E-state index is 0.0888. The maximum absolute atomic E-state index is 9.20. The van der Waals surface area contributed by atoms with Crippen LogP contribution >= 0.6 is 0 Å². The van der Waals surface area contributed by atoms with Gasteiger partial charge in [-0.25, -0.2) is 4.98 Å². The number of nitrogens with zero attached hydrogens (tertiary/aromatic N) is 2. The van der Waals surface area contributed by atoms with Crippen molar-refractivity contribution in [1.82, 2.24) is 4.98 Å². The lowest BCUT2D eigenvalue weighted by Crippen LogP contribution is -2.38. The molecule has 1 aliphatic rings. The number of pyridine rings is 1. The van der Waals surface area contributed by atoms with Crippen LogP contribution in [0.4, 0.5) is 5.82 Å². The zero-order valence-corrected chi connectivity index (χ0v) is 7.82. The van der Waals surface area contributed by atoms with Gasteiger partial charge in [-0.05, 0) is 25.0 Å². The average Bonchev–Trinajstić information content (AvgIpc) is 2.01. The highest BCUT2D eigenvalue weighted by Crippen LogP contribution is 2.24. The zero-order valence-electron chi connectivity index (χ0n) is 7.82. The van der Waals surface area contributed by atoms with Crippen LogP contribution in [0.5, 0.6) is 0 Å². The fraction of sp³-hybridized carbons (Fsp3) is 0.500. The van der Waals surface area contributed by atoms with E-state index in [0.29, 0.717) is 0 Å². The minimum Gasteiger partial charge on any atom is -0.392 e. The molecule has 2 rings (SSSR count). The van der Waals surface area contributed by atoms with Crippen molar-refractivity contribution in [2.75, 3.05) is 18.0 Å². The Balaban J connectivity index is 2.37. The topological polar surface area (TPSA) is 36.4 Å². The van der Waals surface area contributed by atoms with E-state index in [1.165, 1.54) is 6.42 Å². The van der Waals surface area contributed by atoms with Crippen molar-refractivity contribution in [3.05, 3.63) is 23.4 Å². The summed E-state index contributed by atoms with van der Waals surface area (Å²) in [6.45, 7) is 4.24. The number of anilines is 1. The molecule has 0 unspecified atom stereocenters. The lowest BCUT2D eigenvalue weighted by Gasteiger charge is -2.33. The number of aliphatic hydroxyl groups is 1. The molecular formula is C10H14N2O. The van der Waals surface area contributed by atoms with Crippen molar-refractivity contribution in [3.8, 4) is 0 Å². The Morgan fingerprint density at radius 2 is 2.31 bits per heavy atom. The van der Waals surface area contributed by atoms with Gasteiger partial charge in [0.05, 0.1) is 6.61 Å². The molecular weight excluding hydrogens is 164 g/mol. The maximum Gasteiger partial charge on any atom is 0.134 e. The molecule has 3 nitrogen and oxygen atoms in total. The third-order valence-corrected chi connectivity index (χ3v) is 2.58. The summed E-state index contributed by atoms with van der Waals surface area (Å²) in [7, 11) is 0. The molecule has 0 atom stereocenters. The van der Waals surface area contributed by atoms with Crippen LogP contribution in [0, 0.1) is 6.92 Å². The van der Waals surface area contributed by atoms with Crippen LogP contribution in [0.25, 0.3) is 0 Å². The largest absolute Gasteiger partial charge is 0.392 e. The van der Waals surface area contributed by atoms with Crippen molar-refractivity contribution >= 4 is 5.82 Å². The molecule has 1 aliphatic heterocycles. The number of aryl methyl sites for hydroxylation is 1. The van der Waals surface area contributed by atoms with E-state index in [4.69, 9.17) is 0 Å². The monoisotopic (exact) mass is 178 g/mol. The highest BCUT2D eigenvalue weighted by molar-refractivity contribution is 5.51. The second-order valence-electron chi connectivity index (χ2n) is 3.43. The second kappa shape index (κ2) is 3.34. The number of hydrogen-bond acceptors (Lipinski definition) is 3. The molecule has 2 heterocycles. The Hall–Kier alpha value is -1.09. The Bertz CT molecular complexity index is 308. The van der Waals surface area contributed by atoms with E-state index in [0.717, 1.165) is 30.0 Å². The van der Waals surface area contributed by atoms with Crippen LogP contribution in [0.3, 0.4) is 0 Å². The molecule has 0 spiro atoms. The van der Waals surface area contributed by atoms with Crippen molar-refractivity contribution < 1.29 is 5.11 Å². The summed E-state index contributed by atoms with van der Waals surface area (Å²) < 4.78 is 0. The number of rotatable bonds is 2. The fourth-order valence-corrected chi connectivity index (χ4v) is 1.57. The lowest BCUT2D eigenvalue weighted by atomic mass is 10.1. The van der Waals surface area contributed by atoms with E-state index in [-0.39, 0.29) is 6.61 Å². The zero-order chi connectivity index (χ0) is 9.26. The molecule has 0 bridgehead atoms. The van der Waals surface area contributed by atoms with Gasteiger partial charge < -0.3 is 10.0 Å². The van der Waals surface area contributed by atoms with Gasteiger partial charge in [0.2, 0.25) is 0 Å². The second-order valence-corrected chi connectivity index (χ2v) is 3.43. The smallest absolute Gasteiger partial charge is 0.134 e. The van der Waals surface area contributed by atoms with E-state index in [1.807, 2.05) is 19.2 Å². The summed E-state index contributed by atoms with van der Waals surface area (Å²) in [5.74, 6) is 0.966. The van der Waals surface area contributed by atoms with Gasteiger partial charge in [-0.2, -0.15) is 0 Å². The standard InChI is InChI=1S/C10H14N2O/c1-8-3-4-11-10(9(8)7-13)12-5-2-6-12/h3-4,13H,2,5-7H2,1H3. The molecule has 0 aromatic carbocycles. The van der Waals surface area contributed by atoms with E-state index in [1.54, 1.807) is 0 Å². The lowest BCUT2D eigenvalue weighted by molar-refractivity contribution is 0.280. The normalized spacial score (nSPS) is 15.7. The molecule has 1 aromatic heterocycles. The highest BCUT2D eigenvalue weighted by atomic mass is 16.3. The predicted octanol–water partition coefficient (Wildman–Crippen LogP) is 1.09. The van der Waals surface area contributed by atoms with Crippen LogP contribution in [-0.4, -0.2) is 23.2 Å². The van der Waals surface area contributed by atoms with Crippen molar-refractivity contribution in [3.63, 3.8) is 0 Å². The summed E-state index contributed by atoms with van der Waals surface area (Å²) in [6, 6.07) is 1.94. The third-order valence-electron chi connectivity index (χ3n) is 2.58. The molecule has 0 aliphatic carbocycles. The van der Waals surface area contributed by atoms with Gasteiger partial charge in [-0.1, -0.05) is 0 Å². The first-order valence-electron chi connectivity index (χ1n) is 4.63. The number of aromatic nitrogens is 1. The molecule has 13 heavy (non-hydrogen) atoms. The Morgan fingerprint density at radius 3 is 2.85 bits per heavy atom. The molecule has 0 radical (unpaired) electrons. The van der Waals surface area contributed by atoms with E-state index in [9.17, 15) is 5.11 Å². The van der Waals surface area contributed by atoms with Crippen molar-refractivity contribution in [1.29, 1.82) is 0 Å². The van der Waals surface area contributed by atoms with Gasteiger partial charge in [0, 0.05) is 24.8 Å². The van der Waals surface area contributed by atoms with Gasteiger partial charge in [-0.15, -0.1) is 0 Å². The van der Waals surface area contributed by atoms with Gasteiger partial charge in [0.15, 0.2) is 0 Å². The van der Waals surface area contributed by atoms with E-state index >= 15 is 0 Å². The Labute approximate surface area is 78.0 Å². The Kier molecular flexibility index (Phi) is 2.19. The quantitative estimate of drug-likeness (QED) is 0.736. The minimum absolute atomic E-state index is 0.0888. The van der Waals surface area contributed by atoms with Gasteiger partial charge in [-0.3, -0.25) is 0 Å². The molecule has 3 heteroatoms. The Morgan fingerprint density at radius 1 is 1.54 bits per heavy atom. The maximum atomic E-state index is 9.20. The average molecular weight is 178 g/mol. The van der Waals surface area contributed by atoms with Crippen LogP contribution < -0.4 is 4.90 Å². The van der Waals surface area contributed by atoms with Crippen LogP contribution in [-0.2, 0) is 6.61 Å². The van der Waals surface area contributed by atoms with E-state index < -0.39 is 0 Å². The molecule has 1 N–H and O–H groups in total. The number of aliphatic hydroxyl groups excluding tert-OH is 1. The van der Waals surface area contributed by atoms with Gasteiger partial charge in [0.1, 0.15) is 5.82 Å². The van der Waals surface area contributed by atoms with Crippen LogP contribution in [0.1, 0.15) is 17.5 Å². The molecule has 0 amide bonds. The summed E-state index contributed by atoms with van der Waals surface area (Å²) in [5, 5.41) is 9.20. The van der Waals surface area contributed by atoms with Crippen LogP contribution in [0.15, 0.2) is 12.3 Å². The van der Waals surface area contributed by atoms with E-state index in [2.05, 4.69) is 9.88 Å². The predicted molar refractivity (Wildman–Crippen MR) is 51.7 cm³/mol. The van der Waals surface area contributed by atoms with Crippen molar-refractivity contribution in [2.45, 2.75) is 20.0 Å². The first-order valence-corrected chi connectivity index (χ1v) is 4.63. The number of hydrogen-bond donors (Lipinski definition) is 1. The van der Waals surface area contributed by atoms with Crippen LogP contribution in [0.2, 0.25) is 0 Å². The first kappa shape index (κ1) is 8.51. The fourth-order valence-electron chi connectivity index (χ4n) is 1.57. The summed E-state index contributed by atoms with van der Waals surface area (Å²) in [5.41, 5.74) is 2.10. The first-order chi connectivity index (χ1) is 6.33. The van der Waals surface area contributed by atoms with Crippen molar-refractivity contribution in [2.24, 2.45) is 0 Å². The summed E-state index contributed by atoms with van der Waals surface area (Å²) in [6.07, 6.45) is 3.04. The molecule has 1 fully saturated rings.